The summed E-state index contributed by atoms with van der Waals surface area (Å²) in [5.74, 6) is -0.784. The van der Waals surface area contributed by atoms with Crippen LogP contribution in [0.15, 0.2) is 48.5 Å². The van der Waals surface area contributed by atoms with E-state index in [1.807, 2.05) is 24.3 Å². The molecule has 0 saturated heterocycles. The van der Waals surface area contributed by atoms with E-state index in [1.165, 1.54) is 12.1 Å². The molecule has 0 saturated carbocycles. The third-order valence-corrected chi connectivity index (χ3v) is 4.12. The molecule has 0 unspecified atom stereocenters. The van der Waals surface area contributed by atoms with E-state index in [9.17, 15) is 14.0 Å². The minimum absolute atomic E-state index is 0.154. The Morgan fingerprint density at radius 3 is 2.54 bits per heavy atom. The quantitative estimate of drug-likeness (QED) is 0.721. The van der Waals surface area contributed by atoms with Crippen molar-refractivity contribution >= 4 is 11.8 Å². The van der Waals surface area contributed by atoms with Crippen LogP contribution in [-0.2, 0) is 22.4 Å². The van der Waals surface area contributed by atoms with E-state index < -0.39 is 11.8 Å². The number of hydrogen-bond donors (Lipinski definition) is 2. The summed E-state index contributed by atoms with van der Waals surface area (Å²) in [5, 5.41) is 2.75. The second kappa shape index (κ2) is 9.56. The molecule has 6 heteroatoms. The topological polar surface area (TPSA) is 81.4 Å². The number of amides is 2. The minimum Gasteiger partial charge on any atom is -0.497 e. The monoisotopic (exact) mass is 358 g/mol. The van der Waals surface area contributed by atoms with E-state index in [4.69, 9.17) is 10.5 Å². The Labute approximate surface area is 152 Å². The van der Waals surface area contributed by atoms with Gasteiger partial charge in [-0.2, -0.15) is 0 Å². The lowest BCUT2D eigenvalue weighted by atomic mass is 9.98. The molecule has 0 aliphatic heterocycles. The standard InChI is InChI=1S/C20H23FN2O3/c1-26-18-4-2-3-14(12-18)7-10-19(24)23-13-16(20(22)25)11-15-5-8-17(21)9-6-15/h2-6,8-9,12,16H,7,10-11,13H2,1H3,(H2,22,25)(H,23,24)/t16-/m1/s1. The molecule has 0 aliphatic carbocycles. The van der Waals surface area contributed by atoms with E-state index in [1.54, 1.807) is 19.2 Å². The van der Waals surface area contributed by atoms with Gasteiger partial charge in [-0.05, 0) is 48.2 Å². The molecule has 2 aromatic carbocycles. The molecule has 1 atom stereocenters. The summed E-state index contributed by atoms with van der Waals surface area (Å²) in [6, 6.07) is 13.4. The largest absolute Gasteiger partial charge is 0.497 e. The van der Waals surface area contributed by atoms with Gasteiger partial charge < -0.3 is 15.8 Å². The average Bonchev–Trinajstić information content (AvgIpc) is 2.64. The lowest BCUT2D eigenvalue weighted by Gasteiger charge is -2.14. The SMILES string of the molecule is COc1cccc(CCC(=O)NC[C@@H](Cc2ccc(F)cc2)C(N)=O)c1. The number of ether oxygens (including phenoxy) is 1. The molecular formula is C20H23FN2O3. The first-order chi connectivity index (χ1) is 12.5. The molecule has 3 N–H and O–H groups in total. The van der Waals surface area contributed by atoms with E-state index >= 15 is 0 Å². The highest BCUT2D eigenvalue weighted by atomic mass is 19.1. The smallest absolute Gasteiger partial charge is 0.222 e. The average molecular weight is 358 g/mol. The van der Waals surface area contributed by atoms with Crippen molar-refractivity contribution in [2.45, 2.75) is 19.3 Å². The Balaban J connectivity index is 1.82. The highest BCUT2D eigenvalue weighted by molar-refractivity contribution is 5.80. The predicted molar refractivity (Wildman–Crippen MR) is 97.1 cm³/mol. The van der Waals surface area contributed by atoms with Crippen LogP contribution in [0.4, 0.5) is 4.39 Å². The molecular weight excluding hydrogens is 335 g/mol. The number of methoxy groups -OCH3 is 1. The van der Waals surface area contributed by atoms with E-state index in [0.29, 0.717) is 19.3 Å². The summed E-state index contributed by atoms with van der Waals surface area (Å²) < 4.78 is 18.1. The zero-order valence-electron chi connectivity index (χ0n) is 14.7. The van der Waals surface area contributed by atoms with Gasteiger partial charge in [-0.3, -0.25) is 9.59 Å². The third kappa shape index (κ3) is 6.20. The molecule has 0 radical (unpaired) electrons. The molecule has 0 bridgehead atoms. The van der Waals surface area contributed by atoms with Crippen molar-refractivity contribution < 1.29 is 18.7 Å². The van der Waals surface area contributed by atoms with Gasteiger partial charge in [-0.1, -0.05) is 24.3 Å². The van der Waals surface area contributed by atoms with Crippen LogP contribution in [0.2, 0.25) is 0 Å². The zero-order chi connectivity index (χ0) is 18.9. The number of nitrogens with two attached hydrogens (primary N) is 1. The van der Waals surface area contributed by atoms with E-state index in [2.05, 4.69) is 5.32 Å². The van der Waals surface area contributed by atoms with Crippen LogP contribution in [-0.4, -0.2) is 25.5 Å². The highest BCUT2D eigenvalue weighted by Gasteiger charge is 2.17. The zero-order valence-corrected chi connectivity index (χ0v) is 14.7. The number of carbonyl (C=O) groups is 2. The van der Waals surface area contributed by atoms with Crippen molar-refractivity contribution in [3.8, 4) is 5.75 Å². The summed E-state index contributed by atoms with van der Waals surface area (Å²) in [7, 11) is 1.59. The number of halogens is 1. The van der Waals surface area contributed by atoms with Crippen LogP contribution in [0, 0.1) is 11.7 Å². The number of rotatable bonds is 9. The van der Waals surface area contributed by atoms with Crippen LogP contribution >= 0.6 is 0 Å². The van der Waals surface area contributed by atoms with Gasteiger partial charge in [0.05, 0.1) is 13.0 Å². The predicted octanol–water partition coefficient (Wildman–Crippen LogP) is 2.23. The van der Waals surface area contributed by atoms with Crippen molar-refractivity contribution in [3.05, 3.63) is 65.5 Å². The van der Waals surface area contributed by atoms with Crippen LogP contribution in [0.5, 0.6) is 5.75 Å². The van der Waals surface area contributed by atoms with E-state index in [-0.39, 0.29) is 18.3 Å². The van der Waals surface area contributed by atoms with Crippen molar-refractivity contribution in [1.29, 1.82) is 0 Å². The third-order valence-electron chi connectivity index (χ3n) is 4.12. The molecule has 0 fully saturated rings. The fourth-order valence-corrected chi connectivity index (χ4v) is 2.59. The van der Waals surface area contributed by atoms with Crippen LogP contribution < -0.4 is 15.8 Å². The number of nitrogens with one attached hydrogen (secondary N) is 1. The molecule has 5 nitrogen and oxygen atoms in total. The molecule has 0 aliphatic rings. The first-order valence-electron chi connectivity index (χ1n) is 8.41. The lowest BCUT2D eigenvalue weighted by molar-refractivity contribution is -0.123. The number of benzene rings is 2. The van der Waals surface area contributed by atoms with Crippen molar-refractivity contribution in [2.75, 3.05) is 13.7 Å². The summed E-state index contributed by atoms with van der Waals surface area (Å²) >= 11 is 0. The molecule has 2 amide bonds. The summed E-state index contributed by atoms with van der Waals surface area (Å²) in [6.45, 7) is 0.156. The number of primary amides is 1. The molecule has 0 spiro atoms. The number of hydrogen-bond acceptors (Lipinski definition) is 3. The molecule has 2 rings (SSSR count). The van der Waals surface area contributed by atoms with Crippen molar-refractivity contribution in [1.82, 2.24) is 5.32 Å². The van der Waals surface area contributed by atoms with Gasteiger partial charge in [0.2, 0.25) is 11.8 Å². The number of aryl methyl sites for hydroxylation is 1. The molecule has 2 aromatic rings. The molecule has 0 aromatic heterocycles. The first kappa shape index (κ1) is 19.4. The maximum Gasteiger partial charge on any atom is 0.222 e. The van der Waals surface area contributed by atoms with Gasteiger partial charge in [0.25, 0.3) is 0 Å². The second-order valence-electron chi connectivity index (χ2n) is 6.09. The molecule has 138 valence electrons. The van der Waals surface area contributed by atoms with Gasteiger partial charge in [0.15, 0.2) is 0 Å². The van der Waals surface area contributed by atoms with Gasteiger partial charge in [0.1, 0.15) is 11.6 Å². The van der Waals surface area contributed by atoms with E-state index in [0.717, 1.165) is 16.9 Å². The Morgan fingerprint density at radius 1 is 1.15 bits per heavy atom. The minimum atomic E-state index is -0.541. The van der Waals surface area contributed by atoms with Crippen molar-refractivity contribution in [2.24, 2.45) is 11.7 Å². The Kier molecular flexibility index (Phi) is 7.14. The molecule has 0 heterocycles. The lowest BCUT2D eigenvalue weighted by Crippen LogP contribution is -2.37. The summed E-state index contributed by atoms with van der Waals surface area (Å²) in [5.41, 5.74) is 7.21. The molecule has 26 heavy (non-hydrogen) atoms. The second-order valence-corrected chi connectivity index (χ2v) is 6.09. The van der Waals surface area contributed by atoms with Gasteiger partial charge >= 0.3 is 0 Å². The fraction of sp³-hybridized carbons (Fsp3) is 0.300. The summed E-state index contributed by atoms with van der Waals surface area (Å²) in [6.07, 6.45) is 1.23. The van der Waals surface area contributed by atoms with Crippen LogP contribution in [0.25, 0.3) is 0 Å². The maximum absolute atomic E-state index is 13.0. The maximum atomic E-state index is 13.0. The van der Waals surface area contributed by atoms with Gasteiger partial charge in [-0.25, -0.2) is 4.39 Å². The number of carbonyl (C=O) groups excluding carboxylic acids is 2. The fourth-order valence-electron chi connectivity index (χ4n) is 2.59. The first-order valence-corrected chi connectivity index (χ1v) is 8.41. The van der Waals surface area contributed by atoms with Crippen LogP contribution in [0.3, 0.4) is 0 Å². The normalized spacial score (nSPS) is 11.6. The Bertz CT molecular complexity index is 747. The van der Waals surface area contributed by atoms with Crippen LogP contribution in [0.1, 0.15) is 17.5 Å². The van der Waals surface area contributed by atoms with Gasteiger partial charge in [0, 0.05) is 13.0 Å². The summed E-state index contributed by atoms with van der Waals surface area (Å²) in [4.78, 5) is 23.7. The van der Waals surface area contributed by atoms with Gasteiger partial charge in [-0.15, -0.1) is 0 Å². The van der Waals surface area contributed by atoms with Crippen molar-refractivity contribution in [3.63, 3.8) is 0 Å². The Morgan fingerprint density at radius 2 is 1.88 bits per heavy atom. The Hall–Kier alpha value is -2.89. The highest BCUT2D eigenvalue weighted by Crippen LogP contribution is 2.14.